The minimum atomic E-state index is -1.42. The standard InChI is InChI=1S/C29H45NO11/c1-9-11-17(3)36-26(33)39-22-14-13-20(16-23(22)40-27(34)37-18(4)12-10-2)21(24(30)25(31)32)15-19(5)38-28(35)41-29(6,7)8/h13-14,16-19,21,24H,9-12,15,30H2,1-8H3,(H,31,32)/t17?,18?,19?,21?,24-/m0/s1. The van der Waals surface area contributed by atoms with Crippen LogP contribution in [0, 0.1) is 0 Å². The van der Waals surface area contributed by atoms with Crippen LogP contribution in [0.4, 0.5) is 14.4 Å². The quantitative estimate of drug-likeness (QED) is 0.142. The summed E-state index contributed by atoms with van der Waals surface area (Å²) in [5, 5.41) is 9.68. The average molecular weight is 584 g/mol. The van der Waals surface area contributed by atoms with Crippen molar-refractivity contribution < 1.29 is 52.7 Å². The molecule has 12 heteroatoms. The molecule has 232 valence electrons. The van der Waals surface area contributed by atoms with Crippen molar-refractivity contribution in [2.45, 2.75) is 123 Å². The van der Waals surface area contributed by atoms with Crippen LogP contribution in [-0.2, 0) is 23.7 Å². The van der Waals surface area contributed by atoms with Gasteiger partial charge >= 0.3 is 24.4 Å². The minimum absolute atomic E-state index is 0.0130. The summed E-state index contributed by atoms with van der Waals surface area (Å²) >= 11 is 0. The fourth-order valence-electron chi connectivity index (χ4n) is 3.91. The molecule has 0 heterocycles. The van der Waals surface area contributed by atoms with E-state index in [0.29, 0.717) is 18.4 Å². The fourth-order valence-corrected chi connectivity index (χ4v) is 3.91. The predicted octanol–water partition coefficient (Wildman–Crippen LogP) is 6.32. The van der Waals surface area contributed by atoms with E-state index < -0.39 is 60.3 Å². The number of aliphatic carboxylic acids is 1. The van der Waals surface area contributed by atoms with Gasteiger partial charge in [-0.2, -0.15) is 0 Å². The third kappa shape index (κ3) is 13.6. The van der Waals surface area contributed by atoms with Crippen LogP contribution in [0.3, 0.4) is 0 Å². The maximum Gasteiger partial charge on any atom is 0.514 e. The molecular weight excluding hydrogens is 538 g/mol. The normalized spacial score (nSPS) is 15.0. The summed E-state index contributed by atoms with van der Waals surface area (Å²) in [4.78, 5) is 48.9. The van der Waals surface area contributed by atoms with Crippen LogP contribution in [0.1, 0.15) is 99.0 Å². The molecule has 0 saturated carbocycles. The third-order valence-electron chi connectivity index (χ3n) is 5.76. The van der Waals surface area contributed by atoms with E-state index in [1.807, 2.05) is 13.8 Å². The number of hydrogen-bond donors (Lipinski definition) is 2. The Morgan fingerprint density at radius 1 is 0.805 bits per heavy atom. The lowest BCUT2D eigenvalue weighted by Crippen LogP contribution is -2.38. The first-order valence-electron chi connectivity index (χ1n) is 13.8. The molecule has 0 bridgehead atoms. The van der Waals surface area contributed by atoms with Crippen LogP contribution < -0.4 is 15.2 Å². The first kappa shape index (κ1) is 35.5. The zero-order valence-corrected chi connectivity index (χ0v) is 25.3. The predicted molar refractivity (Wildman–Crippen MR) is 149 cm³/mol. The van der Waals surface area contributed by atoms with E-state index in [0.717, 1.165) is 12.8 Å². The highest BCUT2D eigenvalue weighted by molar-refractivity contribution is 5.75. The van der Waals surface area contributed by atoms with E-state index in [1.165, 1.54) is 18.2 Å². The van der Waals surface area contributed by atoms with Gasteiger partial charge in [0.05, 0.1) is 0 Å². The number of nitrogens with two attached hydrogens (primary N) is 1. The number of carbonyl (C=O) groups excluding carboxylic acids is 3. The van der Waals surface area contributed by atoms with Gasteiger partial charge in [-0.05, 0) is 78.5 Å². The lowest BCUT2D eigenvalue weighted by Gasteiger charge is -2.26. The molecule has 0 amide bonds. The molecule has 0 aliphatic rings. The van der Waals surface area contributed by atoms with Gasteiger partial charge in [0.2, 0.25) is 0 Å². The molecular formula is C29H45NO11. The molecule has 0 radical (unpaired) electrons. The first-order chi connectivity index (χ1) is 19.1. The Kier molecular flexibility index (Phi) is 14.4. The van der Waals surface area contributed by atoms with Crippen LogP contribution in [0.5, 0.6) is 11.5 Å². The Labute approximate surface area is 241 Å². The first-order valence-corrected chi connectivity index (χ1v) is 13.8. The molecule has 41 heavy (non-hydrogen) atoms. The number of carbonyl (C=O) groups is 4. The van der Waals surface area contributed by atoms with Gasteiger partial charge in [0.25, 0.3) is 0 Å². The Balaban J connectivity index is 3.34. The topological polar surface area (TPSA) is 170 Å². The van der Waals surface area contributed by atoms with Gasteiger partial charge in [-0.25, -0.2) is 14.4 Å². The van der Waals surface area contributed by atoms with E-state index >= 15 is 0 Å². The lowest BCUT2D eigenvalue weighted by molar-refractivity contribution is -0.139. The van der Waals surface area contributed by atoms with Gasteiger partial charge in [-0.1, -0.05) is 32.8 Å². The molecule has 0 fully saturated rings. The number of hydrogen-bond acceptors (Lipinski definition) is 11. The molecule has 3 N–H and O–H groups in total. The van der Waals surface area contributed by atoms with Crippen LogP contribution >= 0.6 is 0 Å². The van der Waals surface area contributed by atoms with Gasteiger partial charge < -0.3 is 39.3 Å². The van der Waals surface area contributed by atoms with Crippen LogP contribution in [-0.4, -0.2) is 59.5 Å². The largest absolute Gasteiger partial charge is 0.514 e. The van der Waals surface area contributed by atoms with Gasteiger partial charge in [0.1, 0.15) is 30.0 Å². The second kappa shape index (κ2) is 16.7. The summed E-state index contributed by atoms with van der Waals surface area (Å²) < 4.78 is 31.7. The van der Waals surface area contributed by atoms with Gasteiger partial charge in [-0.15, -0.1) is 0 Å². The summed E-state index contributed by atoms with van der Waals surface area (Å²) in [5.74, 6) is -2.57. The van der Waals surface area contributed by atoms with Gasteiger partial charge in [0, 0.05) is 5.92 Å². The molecule has 4 unspecified atom stereocenters. The molecule has 0 aliphatic heterocycles. The van der Waals surface area contributed by atoms with Crippen molar-refractivity contribution in [3.8, 4) is 11.5 Å². The fraction of sp³-hybridized carbons (Fsp3) is 0.655. The van der Waals surface area contributed by atoms with Crippen molar-refractivity contribution in [3.05, 3.63) is 23.8 Å². The smallest absolute Gasteiger partial charge is 0.480 e. The summed E-state index contributed by atoms with van der Waals surface area (Å²) in [6, 6.07) is 2.72. The second-order valence-electron chi connectivity index (χ2n) is 10.9. The molecule has 12 nitrogen and oxygen atoms in total. The third-order valence-corrected chi connectivity index (χ3v) is 5.76. The summed E-state index contributed by atoms with van der Waals surface area (Å²) in [6.07, 6.45) is -1.81. The second-order valence-corrected chi connectivity index (χ2v) is 10.9. The zero-order valence-electron chi connectivity index (χ0n) is 25.3. The monoisotopic (exact) mass is 583 g/mol. The number of rotatable bonds is 14. The summed E-state index contributed by atoms with van der Waals surface area (Å²) in [7, 11) is 0. The molecule has 0 spiro atoms. The Morgan fingerprint density at radius 3 is 1.76 bits per heavy atom. The summed E-state index contributed by atoms with van der Waals surface area (Å²) in [5.41, 5.74) is 5.56. The summed E-state index contributed by atoms with van der Waals surface area (Å²) in [6.45, 7) is 13.9. The minimum Gasteiger partial charge on any atom is -0.480 e. The highest BCUT2D eigenvalue weighted by Crippen LogP contribution is 2.35. The number of ether oxygens (including phenoxy) is 6. The van der Waals surface area contributed by atoms with Crippen molar-refractivity contribution in [3.63, 3.8) is 0 Å². The zero-order chi connectivity index (χ0) is 31.3. The highest BCUT2D eigenvalue weighted by Gasteiger charge is 2.31. The van der Waals surface area contributed by atoms with E-state index in [9.17, 15) is 24.3 Å². The van der Waals surface area contributed by atoms with E-state index in [4.69, 9.17) is 34.2 Å². The van der Waals surface area contributed by atoms with Crippen LogP contribution in [0.2, 0.25) is 0 Å². The molecule has 1 aromatic carbocycles. The number of benzene rings is 1. The Hall–Kier alpha value is -3.54. The van der Waals surface area contributed by atoms with Crippen molar-refractivity contribution in [2.24, 2.45) is 5.73 Å². The van der Waals surface area contributed by atoms with Gasteiger partial charge in [0.15, 0.2) is 11.5 Å². The van der Waals surface area contributed by atoms with Crippen molar-refractivity contribution in [2.75, 3.05) is 0 Å². The Morgan fingerprint density at radius 2 is 1.29 bits per heavy atom. The molecule has 5 atom stereocenters. The molecule has 1 aromatic rings. The average Bonchev–Trinajstić information content (AvgIpc) is 2.82. The number of carboxylic acid groups (broad SMARTS) is 1. The van der Waals surface area contributed by atoms with Crippen molar-refractivity contribution in [1.82, 2.24) is 0 Å². The molecule has 0 saturated heterocycles. The lowest BCUT2D eigenvalue weighted by atomic mass is 9.87. The molecule has 1 rings (SSSR count). The van der Waals surface area contributed by atoms with Crippen LogP contribution in [0.15, 0.2) is 18.2 Å². The van der Waals surface area contributed by atoms with E-state index in [1.54, 1.807) is 41.5 Å². The van der Waals surface area contributed by atoms with E-state index in [-0.39, 0.29) is 17.9 Å². The SMILES string of the molecule is CCCC(C)OC(=O)Oc1ccc(C(CC(C)OC(=O)OC(C)(C)C)[C@H](N)C(=O)O)cc1OC(=O)OC(C)CCC. The van der Waals surface area contributed by atoms with E-state index in [2.05, 4.69) is 0 Å². The van der Waals surface area contributed by atoms with Gasteiger partial charge in [-0.3, -0.25) is 4.79 Å². The van der Waals surface area contributed by atoms with Crippen molar-refractivity contribution in [1.29, 1.82) is 0 Å². The number of carboxylic acids is 1. The highest BCUT2D eigenvalue weighted by atomic mass is 16.8. The van der Waals surface area contributed by atoms with Crippen molar-refractivity contribution >= 4 is 24.4 Å². The van der Waals surface area contributed by atoms with Crippen LogP contribution in [0.25, 0.3) is 0 Å². The maximum atomic E-state index is 12.5. The molecule has 0 aliphatic carbocycles. The maximum absolute atomic E-state index is 12.5. The molecule has 0 aromatic heterocycles. The Bertz CT molecular complexity index is 1020.